The lowest BCUT2D eigenvalue weighted by molar-refractivity contribution is 0.411. The van der Waals surface area contributed by atoms with Gasteiger partial charge in [-0.05, 0) is 49.6 Å². The maximum Gasteiger partial charge on any atom is 0.121 e. The maximum absolute atomic E-state index is 5.43. The van der Waals surface area contributed by atoms with Gasteiger partial charge in [-0.3, -0.25) is 0 Å². The van der Waals surface area contributed by atoms with Gasteiger partial charge in [-0.1, -0.05) is 24.3 Å². The van der Waals surface area contributed by atoms with Crippen molar-refractivity contribution in [3.05, 3.63) is 71.3 Å². The summed E-state index contributed by atoms with van der Waals surface area (Å²) in [7, 11) is 1.73. The molecule has 4 rings (SSSR count). The normalized spacial score (nSPS) is 16.7. The van der Waals surface area contributed by atoms with E-state index in [0.717, 1.165) is 36.8 Å². The van der Waals surface area contributed by atoms with Crippen molar-refractivity contribution in [3.63, 3.8) is 0 Å². The van der Waals surface area contributed by atoms with Crippen molar-refractivity contribution in [1.29, 1.82) is 0 Å². The number of aromatic amines is 1. The van der Waals surface area contributed by atoms with Crippen LogP contribution in [-0.4, -0.2) is 23.6 Å². The van der Waals surface area contributed by atoms with Crippen LogP contribution in [0.25, 0.3) is 0 Å². The number of nitrogens with zero attached hydrogens (tertiary/aromatic N) is 2. The number of benzene rings is 2. The van der Waals surface area contributed by atoms with Crippen LogP contribution in [0.5, 0.6) is 5.75 Å². The van der Waals surface area contributed by atoms with Crippen molar-refractivity contribution in [2.75, 3.05) is 18.6 Å². The fourth-order valence-electron chi connectivity index (χ4n) is 3.68. The topological polar surface area (TPSA) is 41.1 Å². The Morgan fingerprint density at radius 3 is 2.81 bits per heavy atom. The lowest BCUT2D eigenvalue weighted by Crippen LogP contribution is -2.24. The average molecular weight is 380 g/mol. The van der Waals surface area contributed by atoms with Crippen LogP contribution < -0.4 is 9.64 Å². The quantitative estimate of drug-likeness (QED) is 0.670. The SMILES string of the molecule is COc1ccc(C2CCN(Cc3cnc(C)[nH]3)c3ccccc3S2)cc1C. The fraction of sp³-hybridized carbons (Fsp3) is 0.318. The highest BCUT2D eigenvalue weighted by atomic mass is 32.2. The largest absolute Gasteiger partial charge is 0.496 e. The van der Waals surface area contributed by atoms with E-state index in [0.29, 0.717) is 5.25 Å². The number of hydrogen-bond donors (Lipinski definition) is 1. The van der Waals surface area contributed by atoms with Gasteiger partial charge in [0.15, 0.2) is 0 Å². The van der Waals surface area contributed by atoms with Gasteiger partial charge in [-0.2, -0.15) is 0 Å². The minimum Gasteiger partial charge on any atom is -0.496 e. The molecule has 1 aromatic heterocycles. The second-order valence-corrected chi connectivity index (χ2v) is 8.25. The molecule has 3 aromatic rings. The van der Waals surface area contributed by atoms with Crippen molar-refractivity contribution in [2.45, 2.75) is 37.0 Å². The molecule has 2 heterocycles. The first-order valence-electron chi connectivity index (χ1n) is 9.29. The molecule has 2 aromatic carbocycles. The molecule has 5 heteroatoms. The summed E-state index contributed by atoms with van der Waals surface area (Å²) >= 11 is 1.96. The number of ether oxygens (including phenoxy) is 1. The first kappa shape index (κ1) is 18.0. The van der Waals surface area contributed by atoms with E-state index in [1.54, 1.807) is 7.11 Å². The summed E-state index contributed by atoms with van der Waals surface area (Å²) in [5.41, 5.74) is 5.03. The van der Waals surface area contributed by atoms with Crippen LogP contribution in [0.15, 0.2) is 53.6 Å². The smallest absolute Gasteiger partial charge is 0.121 e. The third kappa shape index (κ3) is 3.83. The van der Waals surface area contributed by atoms with Gasteiger partial charge in [-0.15, -0.1) is 11.8 Å². The molecule has 0 saturated carbocycles. The van der Waals surface area contributed by atoms with Gasteiger partial charge in [0, 0.05) is 16.7 Å². The van der Waals surface area contributed by atoms with Crippen molar-refractivity contribution >= 4 is 17.4 Å². The number of methoxy groups -OCH3 is 1. The third-order valence-electron chi connectivity index (χ3n) is 5.04. The molecule has 0 amide bonds. The Hall–Kier alpha value is -2.40. The molecule has 0 bridgehead atoms. The monoisotopic (exact) mass is 379 g/mol. The molecule has 4 nitrogen and oxygen atoms in total. The number of aromatic nitrogens is 2. The van der Waals surface area contributed by atoms with Gasteiger partial charge < -0.3 is 14.6 Å². The van der Waals surface area contributed by atoms with Crippen LogP contribution in [0, 0.1) is 13.8 Å². The molecule has 0 spiro atoms. The highest BCUT2D eigenvalue weighted by Gasteiger charge is 2.24. The lowest BCUT2D eigenvalue weighted by Gasteiger charge is -2.23. The number of anilines is 1. The maximum atomic E-state index is 5.43. The van der Waals surface area contributed by atoms with Gasteiger partial charge >= 0.3 is 0 Å². The summed E-state index contributed by atoms with van der Waals surface area (Å²) in [5.74, 6) is 1.92. The molecule has 1 N–H and O–H groups in total. The van der Waals surface area contributed by atoms with Crippen molar-refractivity contribution in [3.8, 4) is 5.75 Å². The minimum atomic E-state index is 0.434. The number of aryl methyl sites for hydroxylation is 2. The summed E-state index contributed by atoms with van der Waals surface area (Å²) in [5, 5.41) is 0.434. The Balaban J connectivity index is 1.62. The Morgan fingerprint density at radius 1 is 1.22 bits per heavy atom. The Bertz CT molecular complexity index is 937. The highest BCUT2D eigenvalue weighted by molar-refractivity contribution is 7.99. The molecule has 140 valence electrons. The van der Waals surface area contributed by atoms with E-state index < -0.39 is 0 Å². The van der Waals surface area contributed by atoms with E-state index >= 15 is 0 Å². The summed E-state index contributed by atoms with van der Waals surface area (Å²) in [4.78, 5) is 11.5. The summed E-state index contributed by atoms with van der Waals surface area (Å²) in [6.45, 7) is 5.98. The summed E-state index contributed by atoms with van der Waals surface area (Å²) in [6.07, 6.45) is 3.04. The van der Waals surface area contributed by atoms with Crippen LogP contribution >= 0.6 is 11.8 Å². The second kappa shape index (κ2) is 7.69. The zero-order valence-electron chi connectivity index (χ0n) is 16.0. The highest BCUT2D eigenvalue weighted by Crippen LogP contribution is 2.45. The summed E-state index contributed by atoms with van der Waals surface area (Å²) in [6, 6.07) is 15.3. The molecular formula is C22H25N3OS. The second-order valence-electron chi connectivity index (χ2n) is 7.01. The number of nitrogens with one attached hydrogen (secondary N) is 1. The molecule has 0 aliphatic carbocycles. The van der Waals surface area contributed by atoms with Crippen LogP contribution in [0.4, 0.5) is 5.69 Å². The minimum absolute atomic E-state index is 0.434. The van der Waals surface area contributed by atoms with Crippen molar-refractivity contribution in [1.82, 2.24) is 9.97 Å². The Kier molecular flexibility index (Phi) is 5.12. The van der Waals surface area contributed by atoms with E-state index in [-0.39, 0.29) is 0 Å². The standard InChI is InChI=1S/C22H25N3OS/c1-15-12-17(8-9-20(15)26-3)21-10-11-25(14-18-13-23-16(2)24-18)19-6-4-5-7-22(19)27-21/h4-9,12-13,21H,10-11,14H2,1-3H3,(H,23,24). The Labute approximate surface area is 165 Å². The van der Waals surface area contributed by atoms with E-state index in [1.807, 2.05) is 24.9 Å². The number of H-pyrrole nitrogens is 1. The van der Waals surface area contributed by atoms with E-state index in [1.165, 1.54) is 21.7 Å². The van der Waals surface area contributed by atoms with E-state index in [4.69, 9.17) is 4.74 Å². The van der Waals surface area contributed by atoms with Gasteiger partial charge in [0.1, 0.15) is 11.6 Å². The van der Waals surface area contributed by atoms with Crippen LogP contribution in [-0.2, 0) is 6.54 Å². The number of imidazole rings is 1. The van der Waals surface area contributed by atoms with E-state index in [2.05, 4.69) is 64.3 Å². The fourth-order valence-corrected chi connectivity index (χ4v) is 4.97. The molecule has 27 heavy (non-hydrogen) atoms. The predicted molar refractivity (Wildman–Crippen MR) is 112 cm³/mol. The predicted octanol–water partition coefficient (Wildman–Crippen LogP) is 5.28. The number of hydrogen-bond acceptors (Lipinski definition) is 4. The first-order valence-corrected chi connectivity index (χ1v) is 10.2. The third-order valence-corrected chi connectivity index (χ3v) is 6.44. The van der Waals surface area contributed by atoms with Crippen molar-refractivity contribution < 1.29 is 4.74 Å². The lowest BCUT2D eigenvalue weighted by atomic mass is 10.1. The van der Waals surface area contributed by atoms with Gasteiger partial charge in [0.25, 0.3) is 0 Å². The molecule has 1 aliphatic heterocycles. The zero-order chi connectivity index (χ0) is 18.8. The molecule has 1 atom stereocenters. The molecule has 0 radical (unpaired) electrons. The van der Waals surface area contributed by atoms with Crippen molar-refractivity contribution in [2.24, 2.45) is 0 Å². The zero-order valence-corrected chi connectivity index (χ0v) is 16.8. The van der Waals surface area contributed by atoms with Crippen LogP contribution in [0.3, 0.4) is 0 Å². The molecular weight excluding hydrogens is 354 g/mol. The number of para-hydroxylation sites is 1. The molecule has 0 saturated heterocycles. The van der Waals surface area contributed by atoms with Gasteiger partial charge in [0.2, 0.25) is 0 Å². The number of fused-ring (bicyclic) bond motifs is 1. The number of thioether (sulfide) groups is 1. The molecule has 1 aliphatic rings. The molecule has 0 fully saturated rings. The average Bonchev–Trinajstić information content (AvgIpc) is 2.99. The Morgan fingerprint density at radius 2 is 2.07 bits per heavy atom. The van der Waals surface area contributed by atoms with Gasteiger partial charge in [-0.25, -0.2) is 4.98 Å². The number of rotatable bonds is 4. The summed E-state index contributed by atoms with van der Waals surface area (Å²) < 4.78 is 5.43. The molecule has 1 unspecified atom stereocenters. The van der Waals surface area contributed by atoms with Crippen LogP contribution in [0.2, 0.25) is 0 Å². The van der Waals surface area contributed by atoms with Gasteiger partial charge in [0.05, 0.1) is 31.2 Å². The van der Waals surface area contributed by atoms with E-state index in [9.17, 15) is 0 Å². The first-order chi connectivity index (χ1) is 13.1. The van der Waals surface area contributed by atoms with Crippen LogP contribution in [0.1, 0.15) is 34.3 Å².